The van der Waals surface area contributed by atoms with Crippen LogP contribution in [-0.2, 0) is 19.1 Å². The molecule has 8 heteroatoms. The van der Waals surface area contributed by atoms with Crippen LogP contribution in [0.3, 0.4) is 0 Å². The SMILES string of the molecule is CSc1ccc(C(=O)CCC(=O)OCC(=O)Nc2cccc(NC(C)=O)c2)cc1. The summed E-state index contributed by atoms with van der Waals surface area (Å²) in [4.78, 5) is 48.0. The summed E-state index contributed by atoms with van der Waals surface area (Å²) in [7, 11) is 0. The zero-order valence-corrected chi connectivity index (χ0v) is 17.0. The summed E-state index contributed by atoms with van der Waals surface area (Å²) < 4.78 is 4.92. The normalized spacial score (nSPS) is 10.1. The predicted molar refractivity (Wildman–Crippen MR) is 112 cm³/mol. The van der Waals surface area contributed by atoms with Gasteiger partial charge in [0.25, 0.3) is 5.91 Å². The molecule has 0 aromatic heterocycles. The van der Waals surface area contributed by atoms with Crippen LogP contribution in [0.15, 0.2) is 53.4 Å². The van der Waals surface area contributed by atoms with Gasteiger partial charge in [-0.2, -0.15) is 0 Å². The number of benzene rings is 2. The Morgan fingerprint density at radius 1 is 0.931 bits per heavy atom. The highest BCUT2D eigenvalue weighted by atomic mass is 32.2. The van der Waals surface area contributed by atoms with Crippen LogP contribution < -0.4 is 10.6 Å². The standard InChI is InChI=1S/C21H22N2O5S/c1-14(24)22-16-4-3-5-17(12-16)23-20(26)13-28-21(27)11-10-19(25)15-6-8-18(29-2)9-7-15/h3-9,12H,10-11,13H2,1-2H3,(H,22,24)(H,23,26). The summed E-state index contributed by atoms with van der Waals surface area (Å²) in [5.74, 6) is -1.52. The quantitative estimate of drug-likeness (QED) is 0.370. The lowest BCUT2D eigenvalue weighted by molar-refractivity contribution is -0.147. The monoisotopic (exact) mass is 414 g/mol. The average molecular weight is 414 g/mol. The van der Waals surface area contributed by atoms with Gasteiger partial charge in [-0.15, -0.1) is 11.8 Å². The topological polar surface area (TPSA) is 102 Å². The fourth-order valence-corrected chi connectivity index (χ4v) is 2.84. The Morgan fingerprint density at radius 2 is 1.59 bits per heavy atom. The summed E-state index contributed by atoms with van der Waals surface area (Å²) in [5, 5.41) is 5.18. The zero-order chi connectivity index (χ0) is 21.2. The number of carbonyl (C=O) groups is 4. The number of nitrogens with one attached hydrogen (secondary N) is 2. The fraction of sp³-hybridized carbons (Fsp3) is 0.238. The number of thioether (sulfide) groups is 1. The van der Waals surface area contributed by atoms with E-state index in [1.165, 1.54) is 6.92 Å². The fourth-order valence-electron chi connectivity index (χ4n) is 2.43. The van der Waals surface area contributed by atoms with Gasteiger partial charge in [-0.3, -0.25) is 19.2 Å². The largest absolute Gasteiger partial charge is 0.456 e. The van der Waals surface area contributed by atoms with Crippen LogP contribution in [0, 0.1) is 0 Å². The average Bonchev–Trinajstić information content (AvgIpc) is 2.70. The minimum absolute atomic E-state index is 0.0117. The molecule has 2 rings (SSSR count). The molecule has 2 aromatic rings. The van der Waals surface area contributed by atoms with Crippen LogP contribution in [-0.4, -0.2) is 36.4 Å². The number of esters is 1. The molecule has 0 aliphatic carbocycles. The van der Waals surface area contributed by atoms with Gasteiger partial charge in [-0.25, -0.2) is 0 Å². The molecule has 2 N–H and O–H groups in total. The number of amides is 2. The third-order valence-corrected chi connectivity index (χ3v) is 4.54. The van der Waals surface area contributed by atoms with Crippen LogP contribution in [0.4, 0.5) is 11.4 Å². The van der Waals surface area contributed by atoms with Crippen molar-refractivity contribution in [3.05, 3.63) is 54.1 Å². The van der Waals surface area contributed by atoms with E-state index in [4.69, 9.17) is 4.74 Å². The van der Waals surface area contributed by atoms with E-state index < -0.39 is 18.5 Å². The number of carbonyl (C=O) groups excluding carboxylic acids is 4. The van der Waals surface area contributed by atoms with Crippen LogP contribution >= 0.6 is 11.8 Å². The molecule has 0 saturated carbocycles. The molecule has 0 atom stereocenters. The van der Waals surface area contributed by atoms with E-state index in [0.29, 0.717) is 16.9 Å². The van der Waals surface area contributed by atoms with E-state index in [-0.39, 0.29) is 24.5 Å². The lowest BCUT2D eigenvalue weighted by atomic mass is 10.1. The minimum Gasteiger partial charge on any atom is -0.456 e. The second-order valence-corrected chi connectivity index (χ2v) is 7.00. The number of rotatable bonds is 9. The summed E-state index contributed by atoms with van der Waals surface area (Å²) in [6.07, 6.45) is 1.86. The van der Waals surface area contributed by atoms with Gasteiger partial charge in [0, 0.05) is 35.2 Å². The van der Waals surface area contributed by atoms with E-state index in [9.17, 15) is 19.2 Å². The smallest absolute Gasteiger partial charge is 0.306 e. The number of anilines is 2. The number of Topliss-reactive ketones (excluding diaryl/α,β-unsaturated/α-hetero) is 1. The molecule has 0 aliphatic rings. The Balaban J connectivity index is 1.74. The first-order valence-electron chi connectivity index (χ1n) is 8.88. The molecule has 7 nitrogen and oxygen atoms in total. The molecule has 0 aliphatic heterocycles. The van der Waals surface area contributed by atoms with Crippen molar-refractivity contribution in [2.75, 3.05) is 23.5 Å². The first-order valence-corrected chi connectivity index (χ1v) is 10.1. The third-order valence-electron chi connectivity index (χ3n) is 3.80. The molecule has 0 saturated heterocycles. The second kappa shape index (κ2) is 11.0. The van der Waals surface area contributed by atoms with E-state index in [1.807, 2.05) is 18.4 Å². The maximum Gasteiger partial charge on any atom is 0.306 e. The minimum atomic E-state index is -0.624. The number of hydrogen-bond acceptors (Lipinski definition) is 6. The zero-order valence-electron chi connectivity index (χ0n) is 16.2. The Morgan fingerprint density at radius 3 is 2.21 bits per heavy atom. The van der Waals surface area contributed by atoms with Crippen molar-refractivity contribution < 1.29 is 23.9 Å². The van der Waals surface area contributed by atoms with Crippen molar-refractivity contribution in [1.29, 1.82) is 0 Å². The van der Waals surface area contributed by atoms with Crippen LogP contribution in [0.1, 0.15) is 30.1 Å². The number of ether oxygens (including phenoxy) is 1. The molecule has 0 radical (unpaired) electrons. The number of ketones is 1. The van der Waals surface area contributed by atoms with Crippen molar-refractivity contribution in [2.45, 2.75) is 24.7 Å². The molecular weight excluding hydrogens is 392 g/mol. The molecule has 29 heavy (non-hydrogen) atoms. The van der Waals surface area contributed by atoms with Gasteiger partial charge in [-0.05, 0) is 36.6 Å². The van der Waals surface area contributed by atoms with E-state index in [1.54, 1.807) is 48.2 Å². The van der Waals surface area contributed by atoms with Crippen LogP contribution in [0.25, 0.3) is 0 Å². The van der Waals surface area contributed by atoms with E-state index >= 15 is 0 Å². The molecule has 0 unspecified atom stereocenters. The highest BCUT2D eigenvalue weighted by molar-refractivity contribution is 7.98. The highest BCUT2D eigenvalue weighted by Crippen LogP contribution is 2.17. The van der Waals surface area contributed by atoms with Crippen molar-refractivity contribution in [3.63, 3.8) is 0 Å². The van der Waals surface area contributed by atoms with Gasteiger partial charge in [0.2, 0.25) is 5.91 Å². The Kier molecular flexibility index (Phi) is 8.42. The lowest BCUT2D eigenvalue weighted by Gasteiger charge is -2.08. The first kappa shape index (κ1) is 22.2. The van der Waals surface area contributed by atoms with Crippen molar-refractivity contribution in [2.24, 2.45) is 0 Å². The second-order valence-electron chi connectivity index (χ2n) is 6.12. The molecule has 0 fully saturated rings. The van der Waals surface area contributed by atoms with E-state index in [0.717, 1.165) is 4.90 Å². The van der Waals surface area contributed by atoms with Crippen molar-refractivity contribution >= 4 is 46.7 Å². The molecule has 0 bridgehead atoms. The van der Waals surface area contributed by atoms with Crippen molar-refractivity contribution in [1.82, 2.24) is 0 Å². The molecule has 152 valence electrons. The van der Waals surface area contributed by atoms with Gasteiger partial charge in [0.1, 0.15) is 0 Å². The Bertz CT molecular complexity index is 896. The lowest BCUT2D eigenvalue weighted by Crippen LogP contribution is -2.21. The van der Waals surface area contributed by atoms with Gasteiger partial charge < -0.3 is 15.4 Å². The van der Waals surface area contributed by atoms with Crippen LogP contribution in [0.2, 0.25) is 0 Å². The maximum atomic E-state index is 12.1. The third kappa shape index (κ3) is 7.79. The number of hydrogen-bond donors (Lipinski definition) is 2. The molecular formula is C21H22N2O5S. The molecule has 2 amide bonds. The predicted octanol–water partition coefficient (Wildman–Crippen LogP) is 3.51. The summed E-state index contributed by atoms with van der Waals surface area (Å²) in [5.41, 5.74) is 1.53. The summed E-state index contributed by atoms with van der Waals surface area (Å²) >= 11 is 1.58. The molecule has 2 aromatic carbocycles. The van der Waals surface area contributed by atoms with Gasteiger partial charge >= 0.3 is 5.97 Å². The van der Waals surface area contributed by atoms with Gasteiger partial charge in [0.15, 0.2) is 12.4 Å². The van der Waals surface area contributed by atoms with Crippen LogP contribution in [0.5, 0.6) is 0 Å². The van der Waals surface area contributed by atoms with E-state index in [2.05, 4.69) is 10.6 Å². The molecule has 0 heterocycles. The first-order chi connectivity index (χ1) is 13.9. The van der Waals surface area contributed by atoms with Gasteiger partial charge in [-0.1, -0.05) is 18.2 Å². The highest BCUT2D eigenvalue weighted by Gasteiger charge is 2.12. The molecule has 0 spiro atoms. The Hall–Kier alpha value is -3.13. The summed E-state index contributed by atoms with van der Waals surface area (Å²) in [6, 6.07) is 13.7. The Labute approximate surface area is 173 Å². The van der Waals surface area contributed by atoms with Crippen molar-refractivity contribution in [3.8, 4) is 0 Å². The summed E-state index contributed by atoms with van der Waals surface area (Å²) in [6.45, 7) is 0.925. The van der Waals surface area contributed by atoms with Gasteiger partial charge in [0.05, 0.1) is 6.42 Å². The maximum absolute atomic E-state index is 12.1.